The molecule has 1 aliphatic heterocycles. The van der Waals surface area contributed by atoms with Crippen molar-refractivity contribution >= 4 is 5.97 Å². The number of aliphatic carboxylic acids is 1. The van der Waals surface area contributed by atoms with Crippen LogP contribution in [0.4, 0.5) is 0 Å². The molecule has 21 heavy (non-hydrogen) atoms. The fourth-order valence-corrected chi connectivity index (χ4v) is 2.93. The molecule has 0 spiro atoms. The van der Waals surface area contributed by atoms with E-state index in [0.717, 1.165) is 25.9 Å². The second-order valence-corrected chi connectivity index (χ2v) is 5.86. The average molecular weight is 303 g/mol. The molecule has 0 aromatic carbocycles. The van der Waals surface area contributed by atoms with Crippen LogP contribution >= 0.6 is 0 Å². The highest BCUT2D eigenvalue weighted by Gasteiger charge is 2.40. The van der Waals surface area contributed by atoms with Gasteiger partial charge in [-0.05, 0) is 32.4 Å². The molecule has 1 aliphatic rings. The molecule has 0 aromatic heterocycles. The number of methoxy groups -OCH3 is 1. The van der Waals surface area contributed by atoms with Crippen molar-refractivity contribution in [2.45, 2.75) is 38.7 Å². The van der Waals surface area contributed by atoms with Gasteiger partial charge in [0.05, 0.1) is 31.3 Å². The summed E-state index contributed by atoms with van der Waals surface area (Å²) in [4.78, 5) is 13.6. The van der Waals surface area contributed by atoms with Gasteiger partial charge in [-0.2, -0.15) is 0 Å². The second kappa shape index (κ2) is 9.35. The molecule has 1 saturated heterocycles. The van der Waals surface area contributed by atoms with Gasteiger partial charge in [-0.15, -0.1) is 0 Å². The van der Waals surface area contributed by atoms with E-state index in [1.54, 1.807) is 7.11 Å². The number of rotatable bonds is 10. The molecule has 0 amide bonds. The van der Waals surface area contributed by atoms with Crippen LogP contribution in [0.1, 0.15) is 32.6 Å². The Bertz CT molecular complexity index is 302. The Balaban J connectivity index is 2.30. The predicted molar refractivity (Wildman–Crippen MR) is 79.4 cm³/mol. The summed E-state index contributed by atoms with van der Waals surface area (Å²) in [6.07, 6.45) is 2.41. The minimum Gasteiger partial charge on any atom is -0.481 e. The van der Waals surface area contributed by atoms with E-state index in [1.807, 2.05) is 6.92 Å². The fraction of sp³-hybridized carbons (Fsp3) is 0.933. The van der Waals surface area contributed by atoms with Crippen molar-refractivity contribution in [3.8, 4) is 0 Å². The molecule has 1 unspecified atom stereocenters. The smallest absolute Gasteiger partial charge is 0.309 e. The van der Waals surface area contributed by atoms with Crippen molar-refractivity contribution in [1.29, 1.82) is 0 Å². The first kappa shape index (κ1) is 18.4. The first-order chi connectivity index (χ1) is 10.0. The number of aliphatic hydroxyl groups excluding tert-OH is 1. The Morgan fingerprint density at radius 3 is 2.52 bits per heavy atom. The zero-order chi connectivity index (χ0) is 15.7. The number of piperidine rings is 1. The van der Waals surface area contributed by atoms with Crippen molar-refractivity contribution in [3.05, 3.63) is 0 Å². The highest BCUT2D eigenvalue weighted by Crippen LogP contribution is 2.36. The molecule has 0 radical (unpaired) electrons. The van der Waals surface area contributed by atoms with Gasteiger partial charge < -0.3 is 24.6 Å². The first-order valence-electron chi connectivity index (χ1n) is 7.74. The normalized spacial score (nSPS) is 20.3. The predicted octanol–water partition coefficient (Wildman–Crippen LogP) is 0.977. The van der Waals surface area contributed by atoms with Gasteiger partial charge in [0.1, 0.15) is 0 Å². The van der Waals surface area contributed by atoms with Gasteiger partial charge in [0.15, 0.2) is 0 Å². The first-order valence-corrected chi connectivity index (χ1v) is 7.74. The highest BCUT2D eigenvalue weighted by atomic mass is 16.5. The van der Waals surface area contributed by atoms with Gasteiger partial charge >= 0.3 is 5.97 Å². The number of carboxylic acid groups (broad SMARTS) is 1. The van der Waals surface area contributed by atoms with Crippen molar-refractivity contribution in [1.82, 2.24) is 4.90 Å². The number of hydrogen-bond acceptors (Lipinski definition) is 5. The molecule has 1 fully saturated rings. The van der Waals surface area contributed by atoms with Gasteiger partial charge in [0, 0.05) is 13.7 Å². The van der Waals surface area contributed by atoms with Crippen LogP contribution < -0.4 is 0 Å². The summed E-state index contributed by atoms with van der Waals surface area (Å²) < 4.78 is 10.2. The molecule has 0 aliphatic carbocycles. The zero-order valence-corrected chi connectivity index (χ0v) is 13.2. The molecule has 1 atom stereocenters. The molecule has 6 heteroatoms. The second-order valence-electron chi connectivity index (χ2n) is 5.86. The van der Waals surface area contributed by atoms with Gasteiger partial charge in [0.2, 0.25) is 0 Å². The van der Waals surface area contributed by atoms with E-state index in [4.69, 9.17) is 9.47 Å². The average Bonchev–Trinajstić information content (AvgIpc) is 2.46. The Morgan fingerprint density at radius 1 is 1.33 bits per heavy atom. The van der Waals surface area contributed by atoms with E-state index in [1.165, 1.54) is 0 Å². The Hall–Kier alpha value is -0.690. The van der Waals surface area contributed by atoms with E-state index >= 15 is 0 Å². The lowest BCUT2D eigenvalue weighted by molar-refractivity contribution is -0.153. The number of nitrogens with zero attached hydrogens (tertiary/aromatic N) is 1. The van der Waals surface area contributed by atoms with Crippen LogP contribution in [0.2, 0.25) is 0 Å². The summed E-state index contributed by atoms with van der Waals surface area (Å²) in [7, 11) is 1.61. The van der Waals surface area contributed by atoms with Crippen LogP contribution in [0.3, 0.4) is 0 Å². The molecule has 124 valence electrons. The van der Waals surface area contributed by atoms with E-state index in [2.05, 4.69) is 4.90 Å². The third kappa shape index (κ3) is 5.90. The third-order valence-corrected chi connectivity index (χ3v) is 4.21. The summed E-state index contributed by atoms with van der Waals surface area (Å²) in [5.41, 5.74) is -0.564. The van der Waals surface area contributed by atoms with Crippen molar-refractivity contribution in [2.24, 2.45) is 5.41 Å². The Kier molecular flexibility index (Phi) is 8.18. The summed E-state index contributed by atoms with van der Waals surface area (Å²) in [5.74, 6) is -0.674. The highest BCUT2D eigenvalue weighted by molar-refractivity contribution is 5.74. The quantitative estimate of drug-likeness (QED) is 0.586. The lowest BCUT2D eigenvalue weighted by Crippen LogP contribution is -2.47. The Morgan fingerprint density at radius 2 is 2.00 bits per heavy atom. The number of carbonyl (C=O) groups is 1. The number of ether oxygens (including phenoxy) is 2. The molecule has 0 saturated carbocycles. The van der Waals surface area contributed by atoms with E-state index in [-0.39, 0.29) is 0 Å². The van der Waals surface area contributed by atoms with Crippen molar-refractivity contribution in [3.63, 3.8) is 0 Å². The van der Waals surface area contributed by atoms with Crippen LogP contribution in [-0.2, 0) is 14.3 Å². The standard InChI is InChI=1S/C15H29NO5/c1-3-4-15(14(18)19)5-7-16(8-6-15)11-13(17)12-21-10-9-20-2/h13,17H,3-12H2,1-2H3,(H,18,19). The van der Waals surface area contributed by atoms with Crippen LogP contribution in [0.25, 0.3) is 0 Å². The topological polar surface area (TPSA) is 79.2 Å². The lowest BCUT2D eigenvalue weighted by atomic mass is 9.75. The summed E-state index contributed by atoms with van der Waals surface area (Å²) in [6, 6.07) is 0. The fourth-order valence-electron chi connectivity index (χ4n) is 2.93. The minimum atomic E-state index is -0.674. The number of carboxylic acids is 1. The van der Waals surface area contributed by atoms with E-state index < -0.39 is 17.5 Å². The SMILES string of the molecule is CCCC1(C(=O)O)CCN(CC(O)COCCOC)CC1. The molecule has 0 bridgehead atoms. The molecule has 1 heterocycles. The summed E-state index contributed by atoms with van der Waals surface area (Å²) in [6.45, 7) is 5.30. The maximum Gasteiger partial charge on any atom is 0.309 e. The summed E-state index contributed by atoms with van der Waals surface area (Å²) in [5, 5.41) is 19.4. The number of aliphatic hydroxyl groups is 1. The monoisotopic (exact) mass is 303 g/mol. The number of likely N-dealkylation sites (tertiary alicyclic amines) is 1. The number of hydrogen-bond donors (Lipinski definition) is 2. The van der Waals surface area contributed by atoms with Gasteiger partial charge in [0.25, 0.3) is 0 Å². The van der Waals surface area contributed by atoms with Gasteiger partial charge in [-0.1, -0.05) is 13.3 Å². The molecular weight excluding hydrogens is 274 g/mol. The van der Waals surface area contributed by atoms with Gasteiger partial charge in [-0.3, -0.25) is 4.79 Å². The summed E-state index contributed by atoms with van der Waals surface area (Å²) >= 11 is 0. The molecule has 0 aromatic rings. The number of β-amino-alcohol motifs (C(OH)–C–C–N with tert-alkyl or cyclic N) is 1. The maximum absolute atomic E-state index is 11.5. The van der Waals surface area contributed by atoms with E-state index in [9.17, 15) is 15.0 Å². The molecule has 6 nitrogen and oxygen atoms in total. The Labute approximate surface area is 127 Å². The van der Waals surface area contributed by atoms with Crippen molar-refractivity contribution in [2.75, 3.05) is 46.6 Å². The third-order valence-electron chi connectivity index (χ3n) is 4.21. The minimum absolute atomic E-state index is 0.291. The molecular formula is C15H29NO5. The molecule has 1 rings (SSSR count). The lowest BCUT2D eigenvalue weighted by Gasteiger charge is -2.39. The van der Waals surface area contributed by atoms with Crippen LogP contribution in [0.15, 0.2) is 0 Å². The van der Waals surface area contributed by atoms with Gasteiger partial charge in [-0.25, -0.2) is 0 Å². The van der Waals surface area contributed by atoms with Crippen molar-refractivity contribution < 1.29 is 24.5 Å². The van der Waals surface area contributed by atoms with E-state index in [0.29, 0.717) is 39.2 Å². The zero-order valence-electron chi connectivity index (χ0n) is 13.2. The largest absolute Gasteiger partial charge is 0.481 e. The van der Waals surface area contributed by atoms with Crippen LogP contribution in [0.5, 0.6) is 0 Å². The maximum atomic E-state index is 11.5. The molecule has 2 N–H and O–H groups in total. The van der Waals surface area contributed by atoms with Crippen LogP contribution in [-0.4, -0.2) is 73.8 Å². The van der Waals surface area contributed by atoms with Crippen LogP contribution in [0, 0.1) is 5.41 Å².